The van der Waals surface area contributed by atoms with Gasteiger partial charge in [-0.3, -0.25) is 9.59 Å². The van der Waals surface area contributed by atoms with Gasteiger partial charge in [0.25, 0.3) is 11.8 Å². The number of aliphatic hydroxyl groups excluding tert-OH is 1. The number of carbonyl (C=O) groups is 2. The molecule has 0 radical (unpaired) electrons. The molecule has 2 aliphatic rings. The van der Waals surface area contributed by atoms with Gasteiger partial charge in [0.15, 0.2) is 0 Å². The molecule has 1 aromatic carbocycles. The van der Waals surface area contributed by atoms with Crippen LogP contribution < -0.4 is 5.32 Å². The SMILES string of the molecule is CC(C)Nc1ccc(C(=O)N2C[C@@H]3C[C@H]2CN3C(=O)C(F)(F)CO)cc1. The summed E-state index contributed by atoms with van der Waals surface area (Å²) in [5.41, 5.74) is 1.45. The van der Waals surface area contributed by atoms with Crippen molar-refractivity contribution in [2.45, 2.75) is 44.3 Å². The maximum atomic E-state index is 13.4. The fourth-order valence-electron chi connectivity index (χ4n) is 3.65. The molecule has 26 heavy (non-hydrogen) atoms. The van der Waals surface area contributed by atoms with Gasteiger partial charge in [0, 0.05) is 30.4 Å². The topological polar surface area (TPSA) is 72.9 Å². The zero-order valence-corrected chi connectivity index (χ0v) is 14.8. The summed E-state index contributed by atoms with van der Waals surface area (Å²) in [7, 11) is 0. The second kappa shape index (κ2) is 6.83. The van der Waals surface area contributed by atoms with Crippen LogP contribution in [0.1, 0.15) is 30.6 Å². The first-order chi connectivity index (χ1) is 12.2. The van der Waals surface area contributed by atoms with Crippen LogP contribution in [0, 0.1) is 0 Å². The van der Waals surface area contributed by atoms with Crippen molar-refractivity contribution in [1.29, 1.82) is 0 Å². The van der Waals surface area contributed by atoms with E-state index in [0.29, 0.717) is 12.0 Å². The van der Waals surface area contributed by atoms with E-state index in [4.69, 9.17) is 5.11 Å². The molecule has 0 saturated carbocycles. The Kier molecular flexibility index (Phi) is 4.88. The van der Waals surface area contributed by atoms with E-state index in [2.05, 4.69) is 5.32 Å². The molecule has 2 N–H and O–H groups in total. The highest BCUT2D eigenvalue weighted by atomic mass is 19.3. The third-order valence-corrected chi connectivity index (χ3v) is 4.86. The average molecular weight is 367 g/mol. The van der Waals surface area contributed by atoms with Crippen LogP contribution in [0.15, 0.2) is 24.3 Å². The lowest BCUT2D eigenvalue weighted by Gasteiger charge is -2.35. The van der Waals surface area contributed by atoms with Gasteiger partial charge >= 0.3 is 5.92 Å². The normalized spacial score (nSPS) is 22.2. The minimum Gasteiger partial charge on any atom is -0.390 e. The molecule has 2 saturated heterocycles. The lowest BCUT2D eigenvalue weighted by molar-refractivity contribution is -0.165. The average Bonchev–Trinajstić information content (AvgIpc) is 3.21. The van der Waals surface area contributed by atoms with E-state index >= 15 is 0 Å². The van der Waals surface area contributed by atoms with Crippen molar-refractivity contribution in [3.05, 3.63) is 29.8 Å². The number of likely N-dealkylation sites (tertiary alicyclic amines) is 2. The van der Waals surface area contributed by atoms with Crippen LogP contribution in [0.5, 0.6) is 0 Å². The molecule has 2 bridgehead atoms. The molecule has 6 nitrogen and oxygen atoms in total. The van der Waals surface area contributed by atoms with Crippen LogP contribution in [-0.4, -0.2) is 70.5 Å². The highest BCUT2D eigenvalue weighted by Gasteiger charge is 2.52. The smallest absolute Gasteiger partial charge is 0.347 e. The molecule has 2 atom stereocenters. The number of halogens is 2. The van der Waals surface area contributed by atoms with Gasteiger partial charge in [0.2, 0.25) is 0 Å². The van der Waals surface area contributed by atoms with Gasteiger partial charge in [-0.05, 0) is 44.5 Å². The zero-order valence-electron chi connectivity index (χ0n) is 14.8. The second-order valence-corrected chi connectivity index (χ2v) is 7.20. The molecular weight excluding hydrogens is 344 g/mol. The molecule has 2 heterocycles. The Hall–Kier alpha value is -2.22. The third kappa shape index (κ3) is 3.38. The Morgan fingerprint density at radius 2 is 1.77 bits per heavy atom. The number of piperazine rings is 1. The first-order valence-corrected chi connectivity index (χ1v) is 8.70. The molecule has 3 rings (SSSR count). The number of alkyl halides is 2. The Morgan fingerprint density at radius 1 is 1.19 bits per heavy atom. The maximum Gasteiger partial charge on any atom is 0.347 e. The van der Waals surface area contributed by atoms with Gasteiger partial charge in [-0.2, -0.15) is 8.78 Å². The lowest BCUT2D eigenvalue weighted by atomic mass is 10.1. The number of fused-ring (bicyclic) bond motifs is 2. The number of rotatable bonds is 5. The molecule has 0 unspecified atom stereocenters. The van der Waals surface area contributed by atoms with Gasteiger partial charge in [-0.25, -0.2) is 0 Å². The minimum absolute atomic E-state index is 0.0812. The summed E-state index contributed by atoms with van der Waals surface area (Å²) in [5, 5.41) is 11.9. The summed E-state index contributed by atoms with van der Waals surface area (Å²) in [5.74, 6) is -5.28. The number of amides is 2. The molecule has 2 fully saturated rings. The molecule has 142 valence electrons. The molecule has 0 spiro atoms. The van der Waals surface area contributed by atoms with Gasteiger partial charge in [0.05, 0.1) is 12.1 Å². The van der Waals surface area contributed by atoms with E-state index in [0.717, 1.165) is 10.6 Å². The Morgan fingerprint density at radius 3 is 2.27 bits per heavy atom. The predicted octanol–water partition coefficient (Wildman–Crippen LogP) is 1.56. The van der Waals surface area contributed by atoms with Gasteiger partial charge in [-0.1, -0.05) is 0 Å². The number of benzene rings is 1. The van der Waals surface area contributed by atoms with E-state index < -0.39 is 24.5 Å². The van der Waals surface area contributed by atoms with Crippen LogP contribution in [-0.2, 0) is 4.79 Å². The van der Waals surface area contributed by atoms with E-state index in [-0.39, 0.29) is 31.1 Å². The highest BCUT2D eigenvalue weighted by molar-refractivity contribution is 5.95. The number of hydrogen-bond acceptors (Lipinski definition) is 4. The fraction of sp³-hybridized carbons (Fsp3) is 0.556. The molecule has 1 aromatic rings. The Balaban J connectivity index is 1.65. The van der Waals surface area contributed by atoms with E-state index in [1.165, 1.54) is 0 Å². The number of hydrogen-bond donors (Lipinski definition) is 2. The summed E-state index contributed by atoms with van der Waals surface area (Å²) < 4.78 is 26.9. The molecule has 2 amide bonds. The summed E-state index contributed by atoms with van der Waals surface area (Å²) in [6.45, 7) is 2.86. The third-order valence-electron chi connectivity index (χ3n) is 4.86. The Bertz CT molecular complexity index is 693. The predicted molar refractivity (Wildman–Crippen MR) is 92.2 cm³/mol. The highest BCUT2D eigenvalue weighted by Crippen LogP contribution is 2.34. The zero-order chi connectivity index (χ0) is 19.1. The number of aliphatic hydroxyl groups is 1. The second-order valence-electron chi connectivity index (χ2n) is 7.20. The van der Waals surface area contributed by atoms with Crippen molar-refractivity contribution >= 4 is 17.5 Å². The molecule has 8 heteroatoms. The van der Waals surface area contributed by atoms with Crippen molar-refractivity contribution in [2.75, 3.05) is 25.0 Å². The van der Waals surface area contributed by atoms with Gasteiger partial charge < -0.3 is 20.2 Å². The quantitative estimate of drug-likeness (QED) is 0.829. The van der Waals surface area contributed by atoms with Crippen molar-refractivity contribution in [2.24, 2.45) is 0 Å². The standard InChI is InChI=1S/C18H23F2N3O3/c1-11(2)21-13-5-3-12(4-6-13)16(25)22-8-15-7-14(22)9-23(15)17(26)18(19,20)10-24/h3-6,11,14-15,21,24H,7-10H2,1-2H3/t14-,15-/m0/s1. The van der Waals surface area contributed by atoms with Crippen LogP contribution >= 0.6 is 0 Å². The number of carbonyl (C=O) groups excluding carboxylic acids is 2. The first-order valence-electron chi connectivity index (χ1n) is 8.70. The van der Waals surface area contributed by atoms with E-state index in [1.807, 2.05) is 26.0 Å². The van der Waals surface area contributed by atoms with Crippen LogP contribution in [0.2, 0.25) is 0 Å². The van der Waals surface area contributed by atoms with Gasteiger partial charge in [0.1, 0.15) is 6.61 Å². The van der Waals surface area contributed by atoms with Crippen molar-refractivity contribution in [3.8, 4) is 0 Å². The summed E-state index contributed by atoms with van der Waals surface area (Å²) >= 11 is 0. The summed E-state index contributed by atoms with van der Waals surface area (Å²) in [4.78, 5) is 27.3. The monoisotopic (exact) mass is 367 g/mol. The molecule has 0 aromatic heterocycles. The van der Waals surface area contributed by atoms with E-state index in [9.17, 15) is 18.4 Å². The summed E-state index contributed by atoms with van der Waals surface area (Å²) in [6.07, 6.45) is 0.492. The van der Waals surface area contributed by atoms with Crippen LogP contribution in [0.25, 0.3) is 0 Å². The first kappa shape index (κ1) is 18.6. The molecular formula is C18H23F2N3O3. The fourth-order valence-corrected chi connectivity index (χ4v) is 3.65. The number of nitrogens with zero attached hydrogens (tertiary/aromatic N) is 2. The Labute approximate surface area is 150 Å². The molecule has 0 aliphatic carbocycles. The van der Waals surface area contributed by atoms with Crippen LogP contribution in [0.3, 0.4) is 0 Å². The van der Waals surface area contributed by atoms with Crippen molar-refractivity contribution in [1.82, 2.24) is 9.80 Å². The van der Waals surface area contributed by atoms with Crippen LogP contribution in [0.4, 0.5) is 14.5 Å². The lowest BCUT2D eigenvalue weighted by Crippen LogP contribution is -2.55. The molecule has 2 aliphatic heterocycles. The van der Waals surface area contributed by atoms with Gasteiger partial charge in [-0.15, -0.1) is 0 Å². The van der Waals surface area contributed by atoms with E-state index in [1.54, 1.807) is 17.0 Å². The van der Waals surface area contributed by atoms with Crippen molar-refractivity contribution in [3.63, 3.8) is 0 Å². The minimum atomic E-state index is -3.77. The maximum absolute atomic E-state index is 13.4. The van der Waals surface area contributed by atoms with Crippen molar-refractivity contribution < 1.29 is 23.5 Å². The number of anilines is 1. The summed E-state index contributed by atoms with van der Waals surface area (Å²) in [6, 6.07) is 6.74. The largest absolute Gasteiger partial charge is 0.390 e. The number of nitrogens with one attached hydrogen (secondary N) is 1.